The molecule has 27 heavy (non-hydrogen) atoms. The van der Waals surface area contributed by atoms with Crippen molar-refractivity contribution in [1.82, 2.24) is 4.98 Å². The maximum Gasteiger partial charge on any atom is 0.344 e. The van der Waals surface area contributed by atoms with E-state index < -0.39 is 0 Å². The van der Waals surface area contributed by atoms with Crippen LogP contribution in [-0.4, -0.2) is 11.0 Å². The standard InChI is InChI=1S/C24H17NO2/c1-14-9-10-16(12-15(14)2)21-13-20(24(26)27-21)22-17-6-3-4-7-18(17)23-19(22)8-5-11-25-23/h3-13H,1-2H3/b22-20+. The number of hydrogen-bond donors (Lipinski definition) is 0. The fourth-order valence-electron chi connectivity index (χ4n) is 3.75. The first-order valence-corrected chi connectivity index (χ1v) is 8.94. The van der Waals surface area contributed by atoms with Crippen LogP contribution in [0.1, 0.15) is 27.8 Å². The predicted octanol–water partition coefficient (Wildman–Crippen LogP) is 5.08. The predicted molar refractivity (Wildman–Crippen MR) is 106 cm³/mol. The van der Waals surface area contributed by atoms with Crippen LogP contribution in [0.15, 0.2) is 72.4 Å². The van der Waals surface area contributed by atoms with Gasteiger partial charge in [-0.05, 0) is 48.7 Å². The third-order valence-corrected chi connectivity index (χ3v) is 5.29. The lowest BCUT2D eigenvalue weighted by molar-refractivity contribution is -0.130. The monoisotopic (exact) mass is 351 g/mol. The molecule has 0 atom stereocenters. The quantitative estimate of drug-likeness (QED) is 0.355. The number of aromatic nitrogens is 1. The first-order chi connectivity index (χ1) is 13.1. The Morgan fingerprint density at radius 3 is 2.44 bits per heavy atom. The molecule has 2 aromatic carbocycles. The third-order valence-electron chi connectivity index (χ3n) is 5.29. The van der Waals surface area contributed by atoms with E-state index in [0.717, 1.165) is 33.5 Å². The van der Waals surface area contributed by atoms with E-state index in [2.05, 4.69) is 31.0 Å². The van der Waals surface area contributed by atoms with E-state index in [9.17, 15) is 4.79 Å². The molecule has 3 nitrogen and oxygen atoms in total. The molecule has 0 fully saturated rings. The summed E-state index contributed by atoms with van der Waals surface area (Å²) >= 11 is 0. The Hall–Kier alpha value is -3.46. The van der Waals surface area contributed by atoms with Crippen molar-refractivity contribution in [2.24, 2.45) is 0 Å². The van der Waals surface area contributed by atoms with Gasteiger partial charge in [0.25, 0.3) is 0 Å². The number of pyridine rings is 1. The summed E-state index contributed by atoms with van der Waals surface area (Å²) in [6, 6.07) is 18.1. The second kappa shape index (κ2) is 5.78. The molecule has 0 spiro atoms. The van der Waals surface area contributed by atoms with Crippen LogP contribution < -0.4 is 0 Å². The summed E-state index contributed by atoms with van der Waals surface area (Å²) < 4.78 is 5.64. The summed E-state index contributed by atoms with van der Waals surface area (Å²) in [5.74, 6) is 0.283. The van der Waals surface area contributed by atoms with Gasteiger partial charge in [0, 0.05) is 28.5 Å². The number of benzene rings is 2. The number of cyclic esters (lactones) is 1. The summed E-state index contributed by atoms with van der Waals surface area (Å²) in [5, 5.41) is 0. The van der Waals surface area contributed by atoms with Gasteiger partial charge in [-0.1, -0.05) is 42.5 Å². The van der Waals surface area contributed by atoms with Gasteiger partial charge in [-0.2, -0.15) is 0 Å². The zero-order chi connectivity index (χ0) is 18.5. The van der Waals surface area contributed by atoms with Gasteiger partial charge in [0.2, 0.25) is 0 Å². The summed E-state index contributed by atoms with van der Waals surface area (Å²) in [7, 11) is 0. The number of rotatable bonds is 1. The number of ether oxygens (including phenoxy) is 1. The Kier molecular flexibility index (Phi) is 3.37. The van der Waals surface area contributed by atoms with Crippen molar-refractivity contribution in [1.29, 1.82) is 0 Å². The summed E-state index contributed by atoms with van der Waals surface area (Å²) in [6.45, 7) is 4.13. The van der Waals surface area contributed by atoms with Crippen molar-refractivity contribution in [2.45, 2.75) is 13.8 Å². The maximum atomic E-state index is 12.8. The van der Waals surface area contributed by atoms with Gasteiger partial charge in [0.1, 0.15) is 5.76 Å². The van der Waals surface area contributed by atoms with E-state index in [1.165, 1.54) is 11.1 Å². The second-order valence-corrected chi connectivity index (χ2v) is 6.93. The molecule has 0 unspecified atom stereocenters. The number of aryl methyl sites for hydroxylation is 2. The molecule has 3 aromatic rings. The molecule has 0 amide bonds. The summed E-state index contributed by atoms with van der Waals surface area (Å²) in [4.78, 5) is 17.3. The first kappa shape index (κ1) is 15.8. The molecule has 0 saturated heterocycles. The van der Waals surface area contributed by atoms with Crippen molar-refractivity contribution < 1.29 is 9.53 Å². The molecule has 0 N–H and O–H groups in total. The van der Waals surface area contributed by atoms with Gasteiger partial charge < -0.3 is 4.74 Å². The second-order valence-electron chi connectivity index (χ2n) is 6.93. The van der Waals surface area contributed by atoms with E-state index in [1.54, 1.807) is 6.20 Å². The highest BCUT2D eigenvalue weighted by Crippen LogP contribution is 2.46. The van der Waals surface area contributed by atoms with Crippen LogP contribution in [0, 0.1) is 13.8 Å². The lowest BCUT2D eigenvalue weighted by Crippen LogP contribution is -2.00. The van der Waals surface area contributed by atoms with E-state index in [-0.39, 0.29) is 5.97 Å². The van der Waals surface area contributed by atoms with Crippen LogP contribution >= 0.6 is 0 Å². The van der Waals surface area contributed by atoms with Crippen molar-refractivity contribution in [2.75, 3.05) is 0 Å². The molecule has 0 bridgehead atoms. The van der Waals surface area contributed by atoms with Crippen LogP contribution in [0.25, 0.3) is 22.6 Å². The molecule has 1 aliphatic carbocycles. The number of fused-ring (bicyclic) bond motifs is 3. The Bertz CT molecular complexity index is 1140. The number of hydrogen-bond acceptors (Lipinski definition) is 3. The normalized spacial score (nSPS) is 17.4. The van der Waals surface area contributed by atoms with Gasteiger partial charge in [0.05, 0.1) is 11.3 Å². The molecule has 5 rings (SSSR count). The van der Waals surface area contributed by atoms with Gasteiger partial charge in [-0.3, -0.25) is 4.98 Å². The van der Waals surface area contributed by atoms with Crippen LogP contribution in [0.4, 0.5) is 0 Å². The molecule has 130 valence electrons. The summed E-state index contributed by atoms with van der Waals surface area (Å²) in [5.41, 5.74) is 8.75. The fraction of sp³-hybridized carbons (Fsp3) is 0.0833. The van der Waals surface area contributed by atoms with Gasteiger partial charge in [-0.15, -0.1) is 0 Å². The molecule has 2 heterocycles. The van der Waals surface area contributed by atoms with Crippen molar-refractivity contribution in [3.05, 3.63) is 100 Å². The van der Waals surface area contributed by atoms with Crippen molar-refractivity contribution >= 4 is 17.3 Å². The minimum absolute atomic E-state index is 0.315. The smallest absolute Gasteiger partial charge is 0.344 e. The minimum atomic E-state index is -0.315. The van der Waals surface area contributed by atoms with Crippen LogP contribution in [0.3, 0.4) is 0 Å². The Morgan fingerprint density at radius 1 is 0.852 bits per heavy atom. The highest BCUT2D eigenvalue weighted by molar-refractivity contribution is 6.14. The Labute approximate surface area is 157 Å². The maximum absolute atomic E-state index is 12.8. The van der Waals surface area contributed by atoms with Crippen LogP contribution in [-0.2, 0) is 9.53 Å². The van der Waals surface area contributed by atoms with E-state index in [1.807, 2.05) is 48.5 Å². The zero-order valence-electron chi connectivity index (χ0n) is 15.1. The average Bonchev–Trinajstić information content (AvgIpc) is 3.22. The molecule has 1 aliphatic heterocycles. The van der Waals surface area contributed by atoms with E-state index in [0.29, 0.717) is 11.3 Å². The molecular formula is C24H17NO2. The summed E-state index contributed by atoms with van der Waals surface area (Å²) in [6.07, 6.45) is 3.65. The number of carbonyl (C=O) groups excluding carboxylic acids is 1. The lowest BCUT2D eigenvalue weighted by atomic mass is 9.98. The number of carbonyl (C=O) groups is 1. The highest BCUT2D eigenvalue weighted by Gasteiger charge is 2.32. The van der Waals surface area contributed by atoms with Gasteiger partial charge in [-0.25, -0.2) is 4.79 Å². The zero-order valence-corrected chi connectivity index (χ0v) is 15.1. The molecule has 0 saturated carbocycles. The molecule has 0 radical (unpaired) electrons. The van der Waals surface area contributed by atoms with Crippen LogP contribution in [0.2, 0.25) is 0 Å². The van der Waals surface area contributed by atoms with E-state index in [4.69, 9.17) is 4.74 Å². The van der Waals surface area contributed by atoms with Gasteiger partial charge >= 0.3 is 5.97 Å². The minimum Gasteiger partial charge on any atom is -0.422 e. The molecular weight excluding hydrogens is 334 g/mol. The molecule has 3 heteroatoms. The Morgan fingerprint density at radius 2 is 1.63 bits per heavy atom. The first-order valence-electron chi connectivity index (χ1n) is 8.94. The average molecular weight is 351 g/mol. The number of esters is 1. The molecule has 1 aromatic heterocycles. The SMILES string of the molecule is Cc1ccc(C2=C/C(=C3/c4ccccc4-c4ncccc43)C(=O)O2)cc1C. The highest BCUT2D eigenvalue weighted by atomic mass is 16.5. The van der Waals surface area contributed by atoms with Crippen LogP contribution in [0.5, 0.6) is 0 Å². The van der Waals surface area contributed by atoms with Crippen molar-refractivity contribution in [3.63, 3.8) is 0 Å². The van der Waals surface area contributed by atoms with Crippen molar-refractivity contribution in [3.8, 4) is 11.3 Å². The Balaban J connectivity index is 1.73. The fourth-order valence-corrected chi connectivity index (χ4v) is 3.75. The van der Waals surface area contributed by atoms with E-state index >= 15 is 0 Å². The number of nitrogens with zero attached hydrogens (tertiary/aromatic N) is 1. The molecule has 2 aliphatic rings. The largest absolute Gasteiger partial charge is 0.422 e. The lowest BCUT2D eigenvalue weighted by Gasteiger charge is -2.05. The third kappa shape index (κ3) is 2.36. The topological polar surface area (TPSA) is 39.2 Å². The van der Waals surface area contributed by atoms with Gasteiger partial charge in [0.15, 0.2) is 0 Å².